The van der Waals surface area contributed by atoms with Gasteiger partial charge in [-0.1, -0.05) is 25.7 Å². The molecule has 26 heavy (non-hydrogen) atoms. The molecule has 0 unspecified atom stereocenters. The van der Waals surface area contributed by atoms with Gasteiger partial charge < -0.3 is 16.2 Å². The van der Waals surface area contributed by atoms with Gasteiger partial charge in [0.15, 0.2) is 0 Å². The minimum absolute atomic E-state index is 0.297. The molecule has 1 aromatic rings. The van der Waals surface area contributed by atoms with Crippen LogP contribution in [0.1, 0.15) is 72.2 Å². The fraction of sp³-hybridized carbons (Fsp3) is 0.632. The Labute approximate surface area is 157 Å². The first-order valence-electron chi connectivity index (χ1n) is 9.47. The molecule has 1 heterocycles. The van der Waals surface area contributed by atoms with Crippen LogP contribution in [0.25, 0.3) is 0 Å². The SMILES string of the molecule is NC(=O)c1c(NC(=O)[C@H]2CCCC[C@@H]2C(=O)O)sc2c1CCCCCC2. The lowest BCUT2D eigenvalue weighted by molar-refractivity contribution is -0.147. The Balaban J connectivity index is 1.86. The Kier molecular flexibility index (Phi) is 5.96. The summed E-state index contributed by atoms with van der Waals surface area (Å²) in [4.78, 5) is 37.5. The highest BCUT2D eigenvalue weighted by Gasteiger charge is 2.36. The summed E-state index contributed by atoms with van der Waals surface area (Å²) in [5.41, 5.74) is 7.04. The van der Waals surface area contributed by atoms with Crippen LogP contribution in [0, 0.1) is 11.8 Å². The Hall–Kier alpha value is -1.89. The quantitative estimate of drug-likeness (QED) is 0.746. The first-order valence-corrected chi connectivity index (χ1v) is 10.3. The zero-order valence-electron chi connectivity index (χ0n) is 14.9. The maximum Gasteiger partial charge on any atom is 0.307 e. The van der Waals surface area contributed by atoms with E-state index in [1.165, 1.54) is 17.8 Å². The number of aliphatic carboxylic acids is 1. The lowest BCUT2D eigenvalue weighted by Gasteiger charge is -2.27. The van der Waals surface area contributed by atoms with E-state index < -0.39 is 23.7 Å². The summed E-state index contributed by atoms with van der Waals surface area (Å²) >= 11 is 1.43. The number of carbonyl (C=O) groups excluding carboxylic acids is 2. The molecule has 0 saturated heterocycles. The molecule has 3 rings (SSSR count). The number of aryl methyl sites for hydroxylation is 1. The molecule has 0 aromatic carbocycles. The monoisotopic (exact) mass is 378 g/mol. The molecular weight excluding hydrogens is 352 g/mol. The van der Waals surface area contributed by atoms with E-state index in [-0.39, 0.29) is 5.91 Å². The minimum Gasteiger partial charge on any atom is -0.481 e. The van der Waals surface area contributed by atoms with Gasteiger partial charge in [-0.3, -0.25) is 14.4 Å². The molecule has 4 N–H and O–H groups in total. The summed E-state index contributed by atoms with van der Waals surface area (Å²) < 4.78 is 0. The zero-order chi connectivity index (χ0) is 18.7. The number of amides is 2. The predicted octanol–water partition coefficient (Wildman–Crippen LogP) is 3.34. The van der Waals surface area contributed by atoms with Gasteiger partial charge in [-0.15, -0.1) is 11.3 Å². The van der Waals surface area contributed by atoms with E-state index in [0.29, 0.717) is 23.4 Å². The average molecular weight is 378 g/mol. The van der Waals surface area contributed by atoms with Crippen LogP contribution in [-0.4, -0.2) is 22.9 Å². The standard InChI is InChI=1S/C19H26N2O4S/c20-16(22)15-13-9-3-1-2-4-10-14(13)26-18(15)21-17(23)11-7-5-6-8-12(11)19(24)25/h11-12H,1-10H2,(H2,20,22)(H,21,23)(H,24,25)/t11-,12-/m0/s1. The van der Waals surface area contributed by atoms with Crippen LogP contribution in [0.3, 0.4) is 0 Å². The fourth-order valence-corrected chi connectivity index (χ4v) is 5.51. The Morgan fingerprint density at radius 3 is 2.27 bits per heavy atom. The molecule has 1 fully saturated rings. The first-order chi connectivity index (χ1) is 12.5. The molecule has 142 valence electrons. The lowest BCUT2D eigenvalue weighted by atomic mass is 9.78. The van der Waals surface area contributed by atoms with Gasteiger partial charge in [-0.2, -0.15) is 0 Å². The van der Waals surface area contributed by atoms with Crippen LogP contribution < -0.4 is 11.1 Å². The van der Waals surface area contributed by atoms with Crippen molar-refractivity contribution >= 4 is 34.1 Å². The van der Waals surface area contributed by atoms with Crippen molar-refractivity contribution in [2.24, 2.45) is 17.6 Å². The molecule has 6 nitrogen and oxygen atoms in total. The van der Waals surface area contributed by atoms with Gasteiger partial charge in [-0.25, -0.2) is 0 Å². The number of primary amides is 1. The number of hydrogen-bond acceptors (Lipinski definition) is 4. The van der Waals surface area contributed by atoms with Gasteiger partial charge in [0, 0.05) is 4.88 Å². The predicted molar refractivity (Wildman–Crippen MR) is 100 cm³/mol. The minimum atomic E-state index is -0.918. The van der Waals surface area contributed by atoms with Crippen molar-refractivity contribution in [1.29, 1.82) is 0 Å². The van der Waals surface area contributed by atoms with Crippen LogP contribution in [0.4, 0.5) is 5.00 Å². The number of nitrogens with two attached hydrogens (primary N) is 1. The smallest absolute Gasteiger partial charge is 0.307 e. The third-order valence-corrected chi connectivity index (χ3v) is 6.78. The van der Waals surface area contributed by atoms with Crippen molar-refractivity contribution in [1.82, 2.24) is 0 Å². The Bertz CT molecular complexity index is 713. The molecule has 0 radical (unpaired) electrons. The van der Waals surface area contributed by atoms with Crippen molar-refractivity contribution in [2.75, 3.05) is 5.32 Å². The number of hydrogen-bond donors (Lipinski definition) is 3. The van der Waals surface area contributed by atoms with Gasteiger partial charge in [-0.05, 0) is 44.1 Å². The molecule has 2 aliphatic rings. The first kappa shape index (κ1) is 18.9. The molecular formula is C19H26N2O4S. The van der Waals surface area contributed by atoms with Gasteiger partial charge >= 0.3 is 5.97 Å². The van der Waals surface area contributed by atoms with Crippen molar-refractivity contribution in [3.05, 3.63) is 16.0 Å². The van der Waals surface area contributed by atoms with Crippen LogP contribution in [0.15, 0.2) is 0 Å². The molecule has 2 atom stereocenters. The lowest BCUT2D eigenvalue weighted by Crippen LogP contribution is -2.36. The van der Waals surface area contributed by atoms with Crippen LogP contribution in [-0.2, 0) is 22.4 Å². The maximum atomic E-state index is 12.8. The van der Waals surface area contributed by atoms with Crippen molar-refractivity contribution in [3.8, 4) is 0 Å². The number of nitrogens with one attached hydrogen (secondary N) is 1. The molecule has 0 bridgehead atoms. The zero-order valence-corrected chi connectivity index (χ0v) is 15.7. The number of carboxylic acid groups (broad SMARTS) is 1. The maximum absolute atomic E-state index is 12.8. The summed E-state index contributed by atoms with van der Waals surface area (Å²) in [6.45, 7) is 0. The van der Waals surface area contributed by atoms with E-state index in [0.717, 1.165) is 55.4 Å². The summed E-state index contributed by atoms with van der Waals surface area (Å²) in [7, 11) is 0. The topological polar surface area (TPSA) is 109 Å². The van der Waals surface area contributed by atoms with Crippen LogP contribution in [0.2, 0.25) is 0 Å². The highest BCUT2D eigenvalue weighted by Crippen LogP contribution is 2.38. The summed E-state index contributed by atoms with van der Waals surface area (Å²) in [5.74, 6) is -2.93. The van der Waals surface area contributed by atoms with E-state index in [2.05, 4.69) is 5.32 Å². The summed E-state index contributed by atoms with van der Waals surface area (Å²) in [6.07, 6.45) is 8.89. The average Bonchev–Trinajstić information content (AvgIpc) is 2.91. The van der Waals surface area contributed by atoms with E-state index in [1.54, 1.807) is 0 Å². The second-order valence-electron chi connectivity index (χ2n) is 7.31. The normalized spacial score (nSPS) is 23.4. The highest BCUT2D eigenvalue weighted by molar-refractivity contribution is 7.17. The molecule has 7 heteroatoms. The molecule has 2 aliphatic carbocycles. The van der Waals surface area contributed by atoms with Crippen LogP contribution in [0.5, 0.6) is 0 Å². The summed E-state index contributed by atoms with van der Waals surface area (Å²) in [5, 5.41) is 12.8. The van der Waals surface area contributed by atoms with Crippen LogP contribution >= 0.6 is 11.3 Å². The molecule has 2 amide bonds. The second-order valence-corrected chi connectivity index (χ2v) is 8.42. The van der Waals surface area contributed by atoms with E-state index in [1.807, 2.05) is 0 Å². The Morgan fingerprint density at radius 1 is 0.962 bits per heavy atom. The summed E-state index contributed by atoms with van der Waals surface area (Å²) in [6, 6.07) is 0. The fourth-order valence-electron chi connectivity index (χ4n) is 4.21. The molecule has 0 spiro atoms. The molecule has 1 saturated carbocycles. The highest BCUT2D eigenvalue weighted by atomic mass is 32.1. The number of anilines is 1. The number of thiophene rings is 1. The number of carbonyl (C=O) groups is 3. The number of carboxylic acids is 1. The number of fused-ring (bicyclic) bond motifs is 1. The van der Waals surface area contributed by atoms with Gasteiger partial charge in [0.25, 0.3) is 5.91 Å². The molecule has 1 aromatic heterocycles. The third-order valence-electron chi connectivity index (χ3n) is 5.57. The van der Waals surface area contributed by atoms with Crippen molar-refractivity contribution < 1.29 is 19.5 Å². The largest absolute Gasteiger partial charge is 0.481 e. The Morgan fingerprint density at radius 2 is 1.62 bits per heavy atom. The van der Waals surface area contributed by atoms with E-state index >= 15 is 0 Å². The molecule has 0 aliphatic heterocycles. The van der Waals surface area contributed by atoms with Gasteiger partial charge in [0.2, 0.25) is 5.91 Å². The number of rotatable bonds is 4. The van der Waals surface area contributed by atoms with Crippen molar-refractivity contribution in [2.45, 2.75) is 64.2 Å². The van der Waals surface area contributed by atoms with Gasteiger partial charge in [0.05, 0.1) is 17.4 Å². The van der Waals surface area contributed by atoms with E-state index in [9.17, 15) is 19.5 Å². The second kappa shape index (κ2) is 8.20. The van der Waals surface area contributed by atoms with E-state index in [4.69, 9.17) is 5.73 Å². The van der Waals surface area contributed by atoms with Gasteiger partial charge in [0.1, 0.15) is 5.00 Å². The third kappa shape index (κ3) is 3.92. The van der Waals surface area contributed by atoms with Crippen molar-refractivity contribution in [3.63, 3.8) is 0 Å².